The van der Waals surface area contributed by atoms with Gasteiger partial charge in [-0.1, -0.05) is 0 Å². The third-order valence-corrected chi connectivity index (χ3v) is 16.9. The van der Waals surface area contributed by atoms with Crippen molar-refractivity contribution in [3.8, 4) is 0 Å². The molecular formula is C13H13F2I3O3. The quantitative estimate of drug-likeness (QED) is 0.203. The van der Waals surface area contributed by atoms with Crippen LogP contribution in [0.15, 0.2) is 30.3 Å². The Hall–Kier alpha value is 0.700. The molecule has 1 saturated heterocycles. The number of carbonyl (C=O) groups excluding carboxylic acids is 1. The molecule has 0 N–H and O–H groups in total. The van der Waals surface area contributed by atoms with Crippen LogP contribution in [0, 0.1) is 0 Å². The van der Waals surface area contributed by atoms with E-state index in [0.717, 1.165) is 0 Å². The summed E-state index contributed by atoms with van der Waals surface area (Å²) in [6.45, 7) is 1.77. The van der Waals surface area contributed by atoms with E-state index in [1.165, 1.54) is 0 Å². The molecule has 0 radical (unpaired) electrons. The van der Waals surface area contributed by atoms with Gasteiger partial charge < -0.3 is 0 Å². The molecular weight excluding hydrogens is 623 g/mol. The molecule has 1 aliphatic heterocycles. The third-order valence-electron chi connectivity index (χ3n) is 3.07. The molecule has 118 valence electrons. The van der Waals surface area contributed by atoms with Crippen LogP contribution in [0.2, 0.25) is 0 Å². The van der Waals surface area contributed by atoms with Crippen LogP contribution < -0.4 is 30.5 Å². The molecule has 8 heteroatoms. The number of esters is 1. The maximum atomic E-state index is 14.4. The van der Waals surface area contributed by atoms with Crippen molar-refractivity contribution in [2.45, 2.75) is 35.6 Å². The first-order valence-electron chi connectivity index (χ1n) is 6.18. The van der Waals surface area contributed by atoms with E-state index in [2.05, 4.69) is 18.6 Å². The van der Waals surface area contributed by atoms with Gasteiger partial charge in [-0.15, -0.1) is 0 Å². The number of halogens is 5. The fourth-order valence-corrected chi connectivity index (χ4v) is 14.5. The Kier molecular flexibility index (Phi) is 6.87. The van der Waals surface area contributed by atoms with E-state index in [1.54, 1.807) is 37.3 Å². The summed E-state index contributed by atoms with van der Waals surface area (Å²) in [5, 5.41) is 0. The van der Waals surface area contributed by atoms with Gasteiger partial charge in [-0.3, -0.25) is 0 Å². The molecule has 0 bridgehead atoms. The summed E-state index contributed by atoms with van der Waals surface area (Å²) in [4.78, 5) is 12.0. The molecule has 1 heterocycles. The zero-order valence-corrected chi connectivity index (χ0v) is 17.4. The van der Waals surface area contributed by atoms with Gasteiger partial charge in [0, 0.05) is 0 Å². The molecule has 0 aliphatic carbocycles. The standard InChI is InChI=1S/C13H13F2I3O3/c1-2-9-10(13(14,15)12(20-9)17-18-16)21-11(19)8-6-4-3-5-7-8/h3-7,9-10,12H,2H2,1H3/t9-,10?,12?/m1/s1. The fraction of sp³-hybridized carbons (Fsp3) is 0.462. The summed E-state index contributed by atoms with van der Waals surface area (Å²) in [7, 11) is 0. The number of rotatable bonds is 5. The van der Waals surface area contributed by atoms with Crippen LogP contribution in [0.1, 0.15) is 23.7 Å². The normalized spacial score (nSPS) is 27.7. The van der Waals surface area contributed by atoms with Gasteiger partial charge in [0.25, 0.3) is 0 Å². The van der Waals surface area contributed by atoms with E-state index >= 15 is 0 Å². The molecule has 1 aromatic carbocycles. The van der Waals surface area contributed by atoms with Crippen LogP contribution in [0.4, 0.5) is 8.78 Å². The first kappa shape index (κ1) is 18.0. The second-order valence-electron chi connectivity index (χ2n) is 4.40. The van der Waals surface area contributed by atoms with Gasteiger partial charge in [-0.05, 0) is 0 Å². The zero-order chi connectivity index (χ0) is 15.5. The van der Waals surface area contributed by atoms with Crippen molar-refractivity contribution < 1.29 is 53.5 Å². The molecule has 0 saturated carbocycles. The summed E-state index contributed by atoms with van der Waals surface area (Å²) in [6.07, 6.45) is -1.79. The predicted octanol–water partition coefficient (Wildman–Crippen LogP) is -2.57. The van der Waals surface area contributed by atoms with Crippen LogP contribution >= 0.6 is 18.6 Å². The first-order valence-corrected chi connectivity index (χ1v) is 20.0. The van der Waals surface area contributed by atoms with Gasteiger partial charge >= 0.3 is 150 Å². The molecule has 1 fully saturated rings. The van der Waals surface area contributed by atoms with E-state index in [1.807, 2.05) is 0 Å². The van der Waals surface area contributed by atoms with Crippen molar-refractivity contribution in [3.05, 3.63) is 35.9 Å². The van der Waals surface area contributed by atoms with Gasteiger partial charge in [-0.25, -0.2) is 0 Å². The van der Waals surface area contributed by atoms with E-state index in [4.69, 9.17) is 9.47 Å². The second kappa shape index (κ2) is 7.99. The molecule has 21 heavy (non-hydrogen) atoms. The second-order valence-corrected chi connectivity index (χ2v) is 25.4. The first-order chi connectivity index (χ1) is 10.0. The number of hydrogen-bond donors (Lipinski definition) is 0. The molecule has 0 spiro atoms. The zero-order valence-electron chi connectivity index (χ0n) is 10.9. The summed E-state index contributed by atoms with van der Waals surface area (Å²) in [5.74, 6) is -3.80. The van der Waals surface area contributed by atoms with Crippen molar-refractivity contribution in [2.75, 3.05) is 0 Å². The van der Waals surface area contributed by atoms with Gasteiger partial charge in [0.1, 0.15) is 0 Å². The number of carbonyl (C=O) groups is 1. The summed E-state index contributed by atoms with van der Waals surface area (Å²) >= 11 is 1.28. The maximum absolute atomic E-state index is 14.4. The number of ether oxygens (including phenoxy) is 2. The Balaban J connectivity index is 2.15. The minimum absolute atomic E-state index is 0.240. The number of benzene rings is 1. The van der Waals surface area contributed by atoms with E-state index in [-0.39, 0.29) is 18.8 Å². The molecule has 2 rings (SSSR count). The summed E-state index contributed by atoms with van der Waals surface area (Å²) in [6, 6.07) is 8.21. The molecule has 1 aliphatic rings. The van der Waals surface area contributed by atoms with Crippen molar-refractivity contribution >= 4 is 24.6 Å². The van der Waals surface area contributed by atoms with E-state index < -0.39 is 45.4 Å². The molecule has 0 amide bonds. The van der Waals surface area contributed by atoms with Crippen molar-refractivity contribution in [1.29, 1.82) is 0 Å². The minimum atomic E-state index is -3.08. The van der Waals surface area contributed by atoms with Gasteiger partial charge in [0.2, 0.25) is 0 Å². The van der Waals surface area contributed by atoms with E-state index in [9.17, 15) is 13.6 Å². The van der Waals surface area contributed by atoms with Crippen molar-refractivity contribution in [3.63, 3.8) is 0 Å². The van der Waals surface area contributed by atoms with Crippen LogP contribution in [0.5, 0.6) is 0 Å². The number of hydrogen-bond acceptors (Lipinski definition) is 3. The van der Waals surface area contributed by atoms with Crippen LogP contribution in [0.25, 0.3) is 0 Å². The summed E-state index contributed by atoms with van der Waals surface area (Å²) in [5.41, 5.74) is 0.280. The average molecular weight is 636 g/mol. The van der Waals surface area contributed by atoms with Crippen molar-refractivity contribution in [1.82, 2.24) is 0 Å². The Morgan fingerprint density at radius 3 is 2.71 bits per heavy atom. The Morgan fingerprint density at radius 1 is 1.48 bits per heavy atom. The summed E-state index contributed by atoms with van der Waals surface area (Å²) < 4.78 is 38.4. The monoisotopic (exact) mass is 636 g/mol. The van der Waals surface area contributed by atoms with Gasteiger partial charge in [0.15, 0.2) is 0 Å². The predicted molar refractivity (Wildman–Crippen MR) is 73.6 cm³/mol. The molecule has 1 aromatic rings. The van der Waals surface area contributed by atoms with E-state index in [0.29, 0.717) is 6.42 Å². The van der Waals surface area contributed by atoms with Gasteiger partial charge in [-0.2, -0.15) is 0 Å². The Bertz CT molecular complexity index is 487. The molecule has 3 atom stereocenters. The van der Waals surface area contributed by atoms with Crippen LogP contribution in [-0.4, -0.2) is 28.2 Å². The Labute approximate surface area is 148 Å². The molecule has 2 unspecified atom stereocenters. The Morgan fingerprint density at radius 2 is 2.14 bits per heavy atom. The fourth-order valence-electron chi connectivity index (χ4n) is 2.02. The molecule has 3 nitrogen and oxygen atoms in total. The van der Waals surface area contributed by atoms with Crippen LogP contribution in [-0.2, 0) is 9.47 Å². The van der Waals surface area contributed by atoms with Crippen LogP contribution in [0.3, 0.4) is 0 Å². The average Bonchev–Trinajstić information content (AvgIpc) is 2.72. The van der Waals surface area contributed by atoms with Gasteiger partial charge in [0.05, 0.1) is 0 Å². The topological polar surface area (TPSA) is 35.5 Å². The SMILES string of the molecule is CC[C@H]1OC([I+][I-]I)C(F)(F)C1OC(=O)c1ccccc1. The van der Waals surface area contributed by atoms with Crippen molar-refractivity contribution in [2.24, 2.45) is 0 Å². The number of alkyl halides is 3. The molecule has 0 aromatic heterocycles. The third kappa shape index (κ3) is 4.16.